The molecule has 0 amide bonds. The van der Waals surface area contributed by atoms with Crippen LogP contribution in [0.3, 0.4) is 0 Å². The molecular weight excluding hydrogens is 154 g/mol. The molecule has 0 unspecified atom stereocenters. The van der Waals surface area contributed by atoms with E-state index in [9.17, 15) is 0 Å². The van der Waals surface area contributed by atoms with Crippen molar-refractivity contribution < 1.29 is 4.74 Å². The summed E-state index contributed by atoms with van der Waals surface area (Å²) in [4.78, 5) is 5.80. The quantitative estimate of drug-likeness (QED) is 0.500. The van der Waals surface area contributed by atoms with Crippen LogP contribution in [0.2, 0.25) is 0 Å². The summed E-state index contributed by atoms with van der Waals surface area (Å²) in [6.07, 6.45) is 4.86. The number of hydrogen-bond donors (Lipinski definition) is 1. The molecule has 0 aromatic heterocycles. The summed E-state index contributed by atoms with van der Waals surface area (Å²) in [7, 11) is 1.99. The van der Waals surface area contributed by atoms with Crippen molar-refractivity contribution in [3.63, 3.8) is 0 Å². The fraction of sp³-hybridized carbons (Fsp3) is 0.750. The molecule has 1 fully saturated rings. The zero-order chi connectivity index (χ0) is 8.81. The van der Waals surface area contributed by atoms with Gasteiger partial charge in [0.15, 0.2) is 0 Å². The Labute approximate surface area is 72.7 Å². The molecule has 12 heavy (non-hydrogen) atoms. The number of aliphatic imine (C=N–C) groups is 1. The standard InChI is InChI=1S/C8H15N3O/c1-11(7-10-6-9)8-2-4-12-5-3-8/h6-9H,2-5H2,1H3/b9-6?,10-7+. The van der Waals surface area contributed by atoms with Crippen molar-refractivity contribution in [3.8, 4) is 0 Å². The van der Waals surface area contributed by atoms with Gasteiger partial charge in [-0.2, -0.15) is 0 Å². The molecule has 0 bridgehead atoms. The van der Waals surface area contributed by atoms with Crippen molar-refractivity contribution in [2.75, 3.05) is 20.3 Å². The molecule has 0 saturated carbocycles. The number of nitrogens with zero attached hydrogens (tertiary/aromatic N) is 2. The van der Waals surface area contributed by atoms with Crippen molar-refractivity contribution in [3.05, 3.63) is 0 Å². The van der Waals surface area contributed by atoms with Gasteiger partial charge in [-0.1, -0.05) is 0 Å². The van der Waals surface area contributed by atoms with Crippen LogP contribution in [0, 0.1) is 5.41 Å². The fourth-order valence-electron chi connectivity index (χ4n) is 1.33. The van der Waals surface area contributed by atoms with Crippen molar-refractivity contribution in [2.24, 2.45) is 4.99 Å². The molecule has 1 N–H and O–H groups in total. The SMILES string of the molecule is CN(/C=N/C=N)C1CCOCC1. The maximum absolute atomic E-state index is 6.74. The van der Waals surface area contributed by atoms with Gasteiger partial charge in [-0.3, -0.25) is 5.41 Å². The van der Waals surface area contributed by atoms with Crippen LogP contribution in [0.1, 0.15) is 12.8 Å². The first kappa shape index (κ1) is 9.19. The Bertz CT molecular complexity index is 164. The minimum Gasteiger partial charge on any atom is -0.381 e. The van der Waals surface area contributed by atoms with E-state index in [4.69, 9.17) is 10.1 Å². The minimum atomic E-state index is 0.530. The van der Waals surface area contributed by atoms with Gasteiger partial charge in [0.25, 0.3) is 0 Å². The fourth-order valence-corrected chi connectivity index (χ4v) is 1.33. The number of ether oxygens (including phenoxy) is 1. The van der Waals surface area contributed by atoms with Crippen molar-refractivity contribution in [1.82, 2.24) is 4.90 Å². The summed E-state index contributed by atoms with van der Waals surface area (Å²) in [6.45, 7) is 1.68. The Kier molecular flexibility index (Phi) is 3.73. The predicted molar refractivity (Wildman–Crippen MR) is 48.9 cm³/mol. The molecule has 0 aromatic carbocycles. The van der Waals surface area contributed by atoms with Crippen LogP contribution in [0.5, 0.6) is 0 Å². The van der Waals surface area contributed by atoms with E-state index in [1.54, 1.807) is 6.34 Å². The van der Waals surface area contributed by atoms with Crippen LogP contribution in [0.4, 0.5) is 0 Å². The number of nitrogens with one attached hydrogen (secondary N) is 1. The van der Waals surface area contributed by atoms with E-state index in [2.05, 4.69) is 4.99 Å². The first-order chi connectivity index (χ1) is 5.84. The molecule has 1 rings (SSSR count). The van der Waals surface area contributed by atoms with E-state index < -0.39 is 0 Å². The highest BCUT2D eigenvalue weighted by Gasteiger charge is 2.15. The lowest BCUT2D eigenvalue weighted by molar-refractivity contribution is 0.0616. The highest BCUT2D eigenvalue weighted by atomic mass is 16.5. The second kappa shape index (κ2) is 4.87. The first-order valence-corrected chi connectivity index (χ1v) is 4.16. The largest absolute Gasteiger partial charge is 0.381 e. The molecule has 0 atom stereocenters. The Hall–Kier alpha value is -0.900. The van der Waals surface area contributed by atoms with Crippen LogP contribution in [0.15, 0.2) is 4.99 Å². The molecular formula is C8H15N3O. The lowest BCUT2D eigenvalue weighted by atomic mass is 10.1. The molecule has 1 saturated heterocycles. The molecule has 4 heteroatoms. The van der Waals surface area contributed by atoms with Gasteiger partial charge in [0.05, 0.1) is 6.34 Å². The summed E-state index contributed by atoms with van der Waals surface area (Å²) in [5.41, 5.74) is 0. The van der Waals surface area contributed by atoms with Gasteiger partial charge in [0.2, 0.25) is 0 Å². The van der Waals surface area contributed by atoms with Crippen LogP contribution < -0.4 is 0 Å². The topological polar surface area (TPSA) is 48.7 Å². The summed E-state index contributed by atoms with van der Waals surface area (Å²) < 4.78 is 5.24. The van der Waals surface area contributed by atoms with Crippen molar-refractivity contribution in [1.29, 1.82) is 5.41 Å². The number of hydrogen-bond acceptors (Lipinski definition) is 2. The van der Waals surface area contributed by atoms with Gasteiger partial charge in [0, 0.05) is 26.3 Å². The summed E-state index contributed by atoms with van der Waals surface area (Å²) in [5.74, 6) is 0. The molecule has 1 aliphatic rings. The maximum Gasteiger partial charge on any atom is 0.108 e. The van der Waals surface area contributed by atoms with Gasteiger partial charge in [0.1, 0.15) is 6.34 Å². The predicted octanol–water partition coefficient (Wildman–Crippen LogP) is 0.733. The first-order valence-electron chi connectivity index (χ1n) is 4.16. The van der Waals surface area contributed by atoms with E-state index >= 15 is 0 Å². The second-order valence-electron chi connectivity index (χ2n) is 2.90. The summed E-state index contributed by atoms with van der Waals surface area (Å²) in [6, 6.07) is 0.530. The van der Waals surface area contributed by atoms with Gasteiger partial charge in [-0.05, 0) is 12.8 Å². The van der Waals surface area contributed by atoms with Crippen LogP contribution in [-0.2, 0) is 4.74 Å². The van der Waals surface area contributed by atoms with Crippen LogP contribution in [-0.4, -0.2) is 43.9 Å². The summed E-state index contributed by atoms with van der Waals surface area (Å²) >= 11 is 0. The Morgan fingerprint density at radius 2 is 2.17 bits per heavy atom. The molecule has 0 aliphatic carbocycles. The smallest absolute Gasteiger partial charge is 0.108 e. The van der Waals surface area contributed by atoms with Crippen LogP contribution in [0.25, 0.3) is 0 Å². The summed E-state index contributed by atoms with van der Waals surface area (Å²) in [5, 5.41) is 6.74. The average molecular weight is 169 g/mol. The van der Waals surface area contributed by atoms with E-state index in [1.165, 1.54) is 0 Å². The Morgan fingerprint density at radius 3 is 2.75 bits per heavy atom. The highest BCUT2D eigenvalue weighted by molar-refractivity contribution is 5.69. The molecule has 68 valence electrons. The van der Waals surface area contributed by atoms with E-state index in [-0.39, 0.29) is 0 Å². The van der Waals surface area contributed by atoms with Gasteiger partial charge >= 0.3 is 0 Å². The molecule has 0 aromatic rings. The maximum atomic E-state index is 6.74. The van der Waals surface area contributed by atoms with Crippen molar-refractivity contribution in [2.45, 2.75) is 18.9 Å². The van der Waals surface area contributed by atoms with Gasteiger partial charge < -0.3 is 9.64 Å². The Morgan fingerprint density at radius 1 is 1.50 bits per heavy atom. The molecule has 1 heterocycles. The normalized spacial score (nSPS) is 19.8. The second-order valence-corrected chi connectivity index (χ2v) is 2.90. The monoisotopic (exact) mass is 169 g/mol. The van der Waals surface area contributed by atoms with E-state index in [0.29, 0.717) is 6.04 Å². The van der Waals surface area contributed by atoms with E-state index in [0.717, 1.165) is 32.4 Å². The lowest BCUT2D eigenvalue weighted by Crippen LogP contribution is -2.35. The molecule has 1 aliphatic heterocycles. The third-order valence-corrected chi connectivity index (χ3v) is 2.09. The third-order valence-electron chi connectivity index (χ3n) is 2.09. The van der Waals surface area contributed by atoms with Gasteiger partial charge in [-0.15, -0.1) is 0 Å². The minimum absolute atomic E-state index is 0.530. The highest BCUT2D eigenvalue weighted by Crippen LogP contribution is 2.10. The molecule has 4 nitrogen and oxygen atoms in total. The average Bonchev–Trinajstić information content (AvgIpc) is 2.15. The Balaban J connectivity index is 2.33. The zero-order valence-electron chi connectivity index (χ0n) is 7.36. The number of rotatable bonds is 3. The van der Waals surface area contributed by atoms with Gasteiger partial charge in [-0.25, -0.2) is 4.99 Å². The molecule has 0 spiro atoms. The van der Waals surface area contributed by atoms with Crippen LogP contribution >= 0.6 is 0 Å². The lowest BCUT2D eigenvalue weighted by Gasteiger charge is -2.29. The third kappa shape index (κ3) is 2.62. The molecule has 0 radical (unpaired) electrons. The zero-order valence-corrected chi connectivity index (χ0v) is 7.36. The van der Waals surface area contributed by atoms with E-state index in [1.807, 2.05) is 11.9 Å². The van der Waals surface area contributed by atoms with Crippen molar-refractivity contribution >= 4 is 12.7 Å².